The highest BCUT2D eigenvalue weighted by molar-refractivity contribution is 5.52. The molecule has 0 bridgehead atoms. The zero-order valence-electron chi connectivity index (χ0n) is 10.6. The van der Waals surface area contributed by atoms with Crippen molar-refractivity contribution in [3.8, 4) is 6.07 Å². The molecule has 3 heteroatoms. The summed E-state index contributed by atoms with van der Waals surface area (Å²) in [4.78, 5) is 4.34. The molecule has 1 heterocycles. The van der Waals surface area contributed by atoms with Crippen LogP contribution in [-0.2, 0) is 6.54 Å². The smallest absolute Gasteiger partial charge is 0.144 e. The van der Waals surface area contributed by atoms with Gasteiger partial charge in [-0.25, -0.2) is 4.98 Å². The summed E-state index contributed by atoms with van der Waals surface area (Å²) in [5.41, 5.74) is 3.89. The first-order valence-electron chi connectivity index (χ1n) is 5.86. The van der Waals surface area contributed by atoms with Crippen LogP contribution in [0.2, 0.25) is 0 Å². The maximum Gasteiger partial charge on any atom is 0.144 e. The molecule has 0 aliphatic carbocycles. The Hall–Kier alpha value is -2.34. The van der Waals surface area contributed by atoms with Crippen molar-refractivity contribution in [1.82, 2.24) is 4.98 Å². The molecule has 0 spiro atoms. The van der Waals surface area contributed by atoms with Crippen LogP contribution in [0.4, 0.5) is 5.82 Å². The number of hydrogen-bond acceptors (Lipinski definition) is 3. The molecule has 0 fully saturated rings. The minimum Gasteiger partial charge on any atom is -0.365 e. The molecule has 90 valence electrons. The third kappa shape index (κ3) is 2.86. The highest BCUT2D eigenvalue weighted by atomic mass is 15.0. The average Bonchev–Trinajstić information content (AvgIpc) is 2.38. The number of anilines is 1. The van der Waals surface area contributed by atoms with Crippen LogP contribution in [0.5, 0.6) is 0 Å². The van der Waals surface area contributed by atoms with E-state index in [9.17, 15) is 0 Å². The van der Waals surface area contributed by atoms with E-state index < -0.39 is 0 Å². The summed E-state index contributed by atoms with van der Waals surface area (Å²) in [6.07, 6.45) is 0. The van der Waals surface area contributed by atoms with Crippen molar-refractivity contribution in [1.29, 1.82) is 5.26 Å². The zero-order valence-corrected chi connectivity index (χ0v) is 10.6. The lowest BCUT2D eigenvalue weighted by molar-refractivity contribution is 1.08. The number of pyridine rings is 1. The number of aryl methyl sites for hydroxylation is 2. The molecule has 3 nitrogen and oxygen atoms in total. The van der Waals surface area contributed by atoms with E-state index in [0.717, 1.165) is 5.69 Å². The third-order valence-corrected chi connectivity index (χ3v) is 2.74. The van der Waals surface area contributed by atoms with E-state index in [1.54, 1.807) is 6.07 Å². The summed E-state index contributed by atoms with van der Waals surface area (Å²) in [7, 11) is 0. The predicted octanol–water partition coefficient (Wildman–Crippen LogP) is 3.18. The van der Waals surface area contributed by atoms with Gasteiger partial charge in [0.2, 0.25) is 0 Å². The molecule has 18 heavy (non-hydrogen) atoms. The average molecular weight is 237 g/mol. The number of rotatable bonds is 3. The Labute approximate surface area is 107 Å². The second kappa shape index (κ2) is 5.33. The first kappa shape index (κ1) is 12.1. The number of nitrogens with zero attached hydrogens (tertiary/aromatic N) is 2. The topological polar surface area (TPSA) is 48.7 Å². The molecule has 0 radical (unpaired) electrons. The lowest BCUT2D eigenvalue weighted by Crippen LogP contribution is -2.04. The molecule has 1 aromatic heterocycles. The summed E-state index contributed by atoms with van der Waals surface area (Å²) in [5.74, 6) is 0.651. The molecule has 1 N–H and O–H groups in total. The van der Waals surface area contributed by atoms with Crippen LogP contribution >= 0.6 is 0 Å². The van der Waals surface area contributed by atoms with Gasteiger partial charge in [0, 0.05) is 12.2 Å². The van der Waals surface area contributed by atoms with Crippen LogP contribution in [0.3, 0.4) is 0 Å². The van der Waals surface area contributed by atoms with Crippen molar-refractivity contribution >= 4 is 5.82 Å². The summed E-state index contributed by atoms with van der Waals surface area (Å²) in [5, 5.41) is 12.2. The van der Waals surface area contributed by atoms with E-state index in [1.165, 1.54) is 11.1 Å². The Morgan fingerprint density at radius 3 is 2.50 bits per heavy atom. The minimum absolute atomic E-state index is 0.577. The molecular formula is C15H15N3. The van der Waals surface area contributed by atoms with E-state index in [1.807, 2.05) is 13.0 Å². The Kier molecular flexibility index (Phi) is 3.59. The van der Waals surface area contributed by atoms with E-state index >= 15 is 0 Å². The number of benzene rings is 1. The van der Waals surface area contributed by atoms with Crippen molar-refractivity contribution in [2.24, 2.45) is 0 Å². The molecule has 0 atom stereocenters. The minimum atomic E-state index is 0.577. The fourth-order valence-corrected chi connectivity index (χ4v) is 1.67. The summed E-state index contributed by atoms with van der Waals surface area (Å²) >= 11 is 0. The largest absolute Gasteiger partial charge is 0.365 e. The molecule has 0 unspecified atom stereocenters. The monoisotopic (exact) mass is 237 g/mol. The van der Waals surface area contributed by atoms with Crippen LogP contribution in [0.25, 0.3) is 0 Å². The van der Waals surface area contributed by atoms with Crippen molar-refractivity contribution in [3.05, 3.63) is 58.8 Å². The molecule has 2 aromatic rings. The van der Waals surface area contributed by atoms with E-state index in [2.05, 4.69) is 47.6 Å². The normalized spacial score (nSPS) is 9.83. The SMILES string of the molecule is Cc1ccc(CNc2nc(C)ccc2C#N)cc1. The molecule has 2 rings (SSSR count). The van der Waals surface area contributed by atoms with Crippen LogP contribution in [0, 0.1) is 25.2 Å². The Bertz CT molecular complexity index is 580. The lowest BCUT2D eigenvalue weighted by Gasteiger charge is -2.08. The number of hydrogen-bond donors (Lipinski definition) is 1. The second-order valence-electron chi connectivity index (χ2n) is 4.30. The van der Waals surface area contributed by atoms with Gasteiger partial charge in [0.1, 0.15) is 11.9 Å². The molecule has 0 amide bonds. The standard InChI is InChI=1S/C15H15N3/c1-11-3-6-13(7-4-11)10-17-15-14(9-16)8-5-12(2)18-15/h3-8H,10H2,1-2H3,(H,17,18). The number of nitriles is 1. The molecule has 0 saturated heterocycles. The van der Waals surface area contributed by atoms with Gasteiger partial charge in [-0.05, 0) is 31.5 Å². The van der Waals surface area contributed by atoms with Gasteiger partial charge >= 0.3 is 0 Å². The maximum atomic E-state index is 9.01. The van der Waals surface area contributed by atoms with Crippen molar-refractivity contribution in [2.75, 3.05) is 5.32 Å². The number of nitrogens with one attached hydrogen (secondary N) is 1. The van der Waals surface area contributed by atoms with Gasteiger partial charge in [0.15, 0.2) is 0 Å². The third-order valence-electron chi connectivity index (χ3n) is 2.74. The summed E-state index contributed by atoms with van der Waals surface area (Å²) in [6.45, 7) is 4.65. The van der Waals surface area contributed by atoms with Gasteiger partial charge in [-0.2, -0.15) is 5.26 Å². The molecule has 0 aliphatic rings. The fraction of sp³-hybridized carbons (Fsp3) is 0.200. The van der Waals surface area contributed by atoms with Gasteiger partial charge in [-0.15, -0.1) is 0 Å². The van der Waals surface area contributed by atoms with E-state index in [-0.39, 0.29) is 0 Å². The zero-order chi connectivity index (χ0) is 13.0. The fourth-order valence-electron chi connectivity index (χ4n) is 1.67. The van der Waals surface area contributed by atoms with Gasteiger partial charge in [0.05, 0.1) is 5.56 Å². The Balaban J connectivity index is 2.13. The maximum absolute atomic E-state index is 9.01. The van der Waals surface area contributed by atoms with Crippen LogP contribution in [-0.4, -0.2) is 4.98 Å². The van der Waals surface area contributed by atoms with Gasteiger partial charge in [0.25, 0.3) is 0 Å². The van der Waals surface area contributed by atoms with Crippen molar-refractivity contribution in [3.63, 3.8) is 0 Å². The highest BCUT2D eigenvalue weighted by Crippen LogP contribution is 2.13. The second-order valence-corrected chi connectivity index (χ2v) is 4.30. The first-order valence-corrected chi connectivity index (χ1v) is 5.86. The van der Waals surface area contributed by atoms with E-state index in [4.69, 9.17) is 5.26 Å². The van der Waals surface area contributed by atoms with Crippen LogP contribution in [0.1, 0.15) is 22.4 Å². The Morgan fingerprint density at radius 1 is 1.11 bits per heavy atom. The Morgan fingerprint density at radius 2 is 1.83 bits per heavy atom. The quantitative estimate of drug-likeness (QED) is 0.891. The summed E-state index contributed by atoms with van der Waals surface area (Å²) in [6, 6.07) is 14.1. The molecule has 0 aliphatic heterocycles. The van der Waals surface area contributed by atoms with Gasteiger partial charge in [-0.1, -0.05) is 29.8 Å². The highest BCUT2D eigenvalue weighted by Gasteiger charge is 2.03. The number of aromatic nitrogens is 1. The lowest BCUT2D eigenvalue weighted by atomic mass is 10.1. The van der Waals surface area contributed by atoms with Gasteiger partial charge in [-0.3, -0.25) is 0 Å². The summed E-state index contributed by atoms with van der Waals surface area (Å²) < 4.78 is 0. The van der Waals surface area contributed by atoms with Crippen molar-refractivity contribution in [2.45, 2.75) is 20.4 Å². The van der Waals surface area contributed by atoms with Gasteiger partial charge < -0.3 is 5.32 Å². The van der Waals surface area contributed by atoms with Crippen LogP contribution in [0.15, 0.2) is 36.4 Å². The predicted molar refractivity (Wildman–Crippen MR) is 72.2 cm³/mol. The molecular weight excluding hydrogens is 222 g/mol. The van der Waals surface area contributed by atoms with E-state index in [0.29, 0.717) is 17.9 Å². The molecule has 0 saturated carbocycles. The first-order chi connectivity index (χ1) is 8.69. The van der Waals surface area contributed by atoms with Crippen LogP contribution < -0.4 is 5.32 Å². The van der Waals surface area contributed by atoms with Crippen molar-refractivity contribution < 1.29 is 0 Å². The molecule has 1 aromatic carbocycles.